The van der Waals surface area contributed by atoms with Gasteiger partial charge in [0.25, 0.3) is 0 Å². The molecule has 0 unspecified atom stereocenters. The Kier molecular flexibility index (Phi) is 14.1. The third-order valence-electron chi connectivity index (χ3n) is 0. The first kappa shape index (κ1) is 16.0. The molecule has 0 bridgehead atoms. The van der Waals surface area contributed by atoms with E-state index < -0.39 is 0 Å². The van der Waals surface area contributed by atoms with E-state index in [1.54, 1.807) is 0 Å². The molecule has 0 saturated heterocycles. The van der Waals surface area contributed by atoms with E-state index in [9.17, 15) is 0 Å². The molecule has 0 saturated carbocycles. The maximum atomic E-state index is 2.19. The standard InChI is InChI=1S/C5H12.C3H8.H3N.H2/c1-5(2,3)4;1-3-2;;/h1-4H3;3H2,1-2H3;1H3;1H. The largest absolute Gasteiger partial charge is 0.344 e. The Morgan fingerprint density at radius 2 is 1.00 bits per heavy atom. The highest BCUT2D eigenvalue weighted by Gasteiger charge is 1.95. The predicted molar refractivity (Wildman–Crippen MR) is 48.2 cm³/mol. The van der Waals surface area contributed by atoms with E-state index in [-0.39, 0.29) is 7.58 Å². The van der Waals surface area contributed by atoms with Crippen LogP contribution in [-0.2, 0) is 0 Å². The molecule has 0 spiro atoms. The van der Waals surface area contributed by atoms with Crippen LogP contribution in [0.15, 0.2) is 0 Å². The van der Waals surface area contributed by atoms with Gasteiger partial charge in [0.05, 0.1) is 0 Å². The molecule has 0 aliphatic carbocycles. The lowest BCUT2D eigenvalue weighted by Gasteiger charge is -2.05. The molecule has 9 heavy (non-hydrogen) atoms. The second-order valence-electron chi connectivity index (χ2n) is 3.71. The first-order valence-corrected chi connectivity index (χ1v) is 3.41. The van der Waals surface area contributed by atoms with Gasteiger partial charge in [0.1, 0.15) is 0 Å². The second-order valence-corrected chi connectivity index (χ2v) is 3.71. The first-order chi connectivity index (χ1) is 3.41. The van der Waals surface area contributed by atoms with Crippen molar-refractivity contribution in [2.75, 3.05) is 0 Å². The molecule has 0 aliphatic heterocycles. The van der Waals surface area contributed by atoms with Crippen molar-refractivity contribution in [2.45, 2.75) is 48.0 Å². The molecule has 0 aromatic rings. The van der Waals surface area contributed by atoms with Crippen molar-refractivity contribution in [1.82, 2.24) is 6.15 Å². The monoisotopic (exact) mass is 135 g/mol. The van der Waals surface area contributed by atoms with Crippen LogP contribution in [0.2, 0.25) is 0 Å². The number of hydrogen-bond acceptors (Lipinski definition) is 1. The third kappa shape index (κ3) is 177000. The van der Waals surface area contributed by atoms with Crippen LogP contribution in [0.25, 0.3) is 0 Å². The molecule has 0 fully saturated rings. The summed E-state index contributed by atoms with van der Waals surface area (Å²) >= 11 is 0. The van der Waals surface area contributed by atoms with Gasteiger partial charge < -0.3 is 6.15 Å². The van der Waals surface area contributed by atoms with E-state index in [1.165, 1.54) is 6.42 Å². The van der Waals surface area contributed by atoms with Gasteiger partial charge in [-0.05, 0) is 5.41 Å². The van der Waals surface area contributed by atoms with Crippen molar-refractivity contribution in [3.8, 4) is 0 Å². The number of rotatable bonds is 0. The minimum absolute atomic E-state index is 0. The molecule has 0 aromatic heterocycles. The van der Waals surface area contributed by atoms with Gasteiger partial charge in [-0.2, -0.15) is 0 Å². The SMILES string of the molecule is CC(C)(C)C.CCC.N.[HH]. The van der Waals surface area contributed by atoms with Crippen LogP contribution in [0.4, 0.5) is 0 Å². The smallest absolute Gasteiger partial charge is 0 e. The summed E-state index contributed by atoms with van der Waals surface area (Å²) in [4.78, 5) is 0. The van der Waals surface area contributed by atoms with Crippen molar-refractivity contribution in [3.05, 3.63) is 0 Å². The molecule has 62 valence electrons. The van der Waals surface area contributed by atoms with E-state index in [0.29, 0.717) is 5.41 Å². The summed E-state index contributed by atoms with van der Waals surface area (Å²) in [5, 5.41) is 0. The minimum Gasteiger partial charge on any atom is -0.344 e. The van der Waals surface area contributed by atoms with Crippen LogP contribution in [0, 0.1) is 5.41 Å². The Bertz CT molecular complexity index is 33.0. The zero-order valence-electron chi connectivity index (χ0n) is 7.91. The molecule has 0 radical (unpaired) electrons. The fourth-order valence-corrected chi connectivity index (χ4v) is 0. The molecule has 0 atom stereocenters. The fraction of sp³-hybridized carbons (Fsp3) is 1.00. The van der Waals surface area contributed by atoms with Crippen LogP contribution in [0.3, 0.4) is 0 Å². The average Bonchev–Trinajstić information content (AvgIpc) is 1.27. The summed E-state index contributed by atoms with van der Waals surface area (Å²) in [6.45, 7) is 13.0. The van der Waals surface area contributed by atoms with Gasteiger partial charge in [0.2, 0.25) is 0 Å². The normalized spacial score (nSPS) is 8.67. The summed E-state index contributed by atoms with van der Waals surface area (Å²) in [5.41, 5.74) is 0.500. The van der Waals surface area contributed by atoms with Gasteiger partial charge in [-0.3, -0.25) is 0 Å². The lowest BCUT2D eigenvalue weighted by atomic mass is 10.0. The number of hydrogen-bond donors (Lipinski definition) is 1. The van der Waals surface area contributed by atoms with Gasteiger partial charge in [-0.15, -0.1) is 0 Å². The minimum atomic E-state index is 0. The van der Waals surface area contributed by atoms with Crippen LogP contribution in [-0.4, -0.2) is 0 Å². The highest BCUT2D eigenvalue weighted by molar-refractivity contribution is 4.47. The maximum absolute atomic E-state index is 2.19. The Morgan fingerprint density at radius 1 is 1.00 bits per heavy atom. The van der Waals surface area contributed by atoms with Crippen molar-refractivity contribution >= 4 is 0 Å². The summed E-state index contributed by atoms with van der Waals surface area (Å²) in [6, 6.07) is 0. The van der Waals surface area contributed by atoms with Crippen LogP contribution >= 0.6 is 0 Å². The first-order valence-electron chi connectivity index (χ1n) is 3.41. The van der Waals surface area contributed by atoms with E-state index in [4.69, 9.17) is 0 Å². The highest BCUT2D eigenvalue weighted by atomic mass is 14.0. The average molecular weight is 135 g/mol. The van der Waals surface area contributed by atoms with Crippen molar-refractivity contribution < 1.29 is 1.43 Å². The van der Waals surface area contributed by atoms with Crippen LogP contribution in [0.1, 0.15) is 49.4 Å². The van der Waals surface area contributed by atoms with Gasteiger partial charge in [-0.1, -0.05) is 48.0 Å². The molecule has 0 aromatic carbocycles. The second kappa shape index (κ2) is 7.96. The highest BCUT2D eigenvalue weighted by Crippen LogP contribution is 2.07. The fourth-order valence-electron chi connectivity index (χ4n) is 0. The predicted octanol–water partition coefficient (Wildman–Crippen LogP) is 3.88. The van der Waals surface area contributed by atoms with Gasteiger partial charge in [0.15, 0.2) is 0 Å². The summed E-state index contributed by atoms with van der Waals surface area (Å²) in [6.07, 6.45) is 1.25. The van der Waals surface area contributed by atoms with Gasteiger partial charge in [-0.25, -0.2) is 0 Å². The zero-order valence-corrected chi connectivity index (χ0v) is 7.91. The van der Waals surface area contributed by atoms with Crippen molar-refractivity contribution in [3.63, 3.8) is 0 Å². The Hall–Kier alpha value is -0.0400. The topological polar surface area (TPSA) is 35.0 Å². The quantitative estimate of drug-likeness (QED) is 0.537. The zero-order chi connectivity index (χ0) is 7.21. The molecule has 0 rings (SSSR count). The van der Waals surface area contributed by atoms with E-state index in [2.05, 4.69) is 41.5 Å². The van der Waals surface area contributed by atoms with E-state index in [0.717, 1.165) is 0 Å². The van der Waals surface area contributed by atoms with Crippen molar-refractivity contribution in [1.29, 1.82) is 0 Å². The summed E-state index contributed by atoms with van der Waals surface area (Å²) in [7, 11) is 0. The maximum Gasteiger partial charge on any atom is 0 e. The third-order valence-corrected chi connectivity index (χ3v) is 0. The molecule has 0 aliphatic rings. The van der Waals surface area contributed by atoms with Crippen molar-refractivity contribution in [2.24, 2.45) is 5.41 Å². The molecule has 3 N–H and O–H groups in total. The van der Waals surface area contributed by atoms with Gasteiger partial charge in [0, 0.05) is 1.43 Å². The summed E-state index contributed by atoms with van der Waals surface area (Å²) < 4.78 is 0. The molecule has 0 amide bonds. The Morgan fingerprint density at radius 3 is 1.00 bits per heavy atom. The van der Waals surface area contributed by atoms with Crippen LogP contribution < -0.4 is 6.15 Å². The lowest BCUT2D eigenvalue weighted by molar-refractivity contribution is 0.469. The Balaban J connectivity index is -0.0000000326. The molecule has 0 heterocycles. The lowest BCUT2D eigenvalue weighted by Crippen LogP contribution is -1.93. The molecular weight excluding hydrogens is 110 g/mol. The Labute approximate surface area is 61.9 Å². The molecule has 1 nitrogen and oxygen atoms in total. The van der Waals surface area contributed by atoms with E-state index in [1.807, 2.05) is 0 Å². The van der Waals surface area contributed by atoms with Gasteiger partial charge >= 0.3 is 0 Å². The summed E-state index contributed by atoms with van der Waals surface area (Å²) in [5.74, 6) is 0. The molecule has 1 heteroatoms. The molecular formula is C8H25N. The van der Waals surface area contributed by atoms with Crippen LogP contribution in [0.5, 0.6) is 0 Å². The van der Waals surface area contributed by atoms with E-state index >= 15 is 0 Å².